The Balaban J connectivity index is 2.13. The number of hydrogen-bond donors (Lipinski definition) is 1. The van der Waals surface area contributed by atoms with Crippen LogP contribution in [0.25, 0.3) is 0 Å². The Bertz CT molecular complexity index is 579. The molecule has 1 aliphatic heterocycles. The fraction of sp³-hybridized carbons (Fsp3) is 0.667. The fourth-order valence-electron chi connectivity index (χ4n) is 4.46. The summed E-state index contributed by atoms with van der Waals surface area (Å²) in [6.07, 6.45) is 2.94. The average Bonchev–Trinajstić information content (AvgIpc) is 2.70. The molecule has 0 radical (unpaired) electrons. The monoisotopic (exact) mass is 367 g/mol. The van der Waals surface area contributed by atoms with E-state index in [-0.39, 0.29) is 11.3 Å². The van der Waals surface area contributed by atoms with Gasteiger partial charge in [-0.2, -0.15) is 0 Å². The van der Waals surface area contributed by atoms with Gasteiger partial charge in [-0.25, -0.2) is 0 Å². The number of piperidine rings is 1. The molecule has 1 aromatic carbocycles. The van der Waals surface area contributed by atoms with E-state index in [1.807, 2.05) is 12.1 Å². The molecule has 1 heterocycles. The Hall–Kier alpha value is -0.580. The number of methoxy groups -OCH3 is 1. The Morgan fingerprint density at radius 1 is 1.27 bits per heavy atom. The molecule has 3 rings (SSSR count). The molecule has 1 aliphatic carbocycles. The van der Waals surface area contributed by atoms with Crippen molar-refractivity contribution in [2.24, 2.45) is 11.3 Å². The topological polar surface area (TPSA) is 32.7 Å². The van der Waals surface area contributed by atoms with Crippen LogP contribution >= 0.6 is 15.9 Å². The maximum absolute atomic E-state index is 11.9. The summed E-state index contributed by atoms with van der Waals surface area (Å²) in [6.45, 7) is 6.48. The minimum absolute atomic E-state index is 0.187. The van der Waals surface area contributed by atoms with Crippen LogP contribution in [0.5, 0.6) is 5.75 Å². The highest BCUT2D eigenvalue weighted by molar-refractivity contribution is 9.10. The lowest BCUT2D eigenvalue weighted by molar-refractivity contribution is -0.122. The lowest BCUT2D eigenvalue weighted by atomic mass is 9.65. The molecule has 0 saturated carbocycles. The van der Waals surface area contributed by atoms with Crippen molar-refractivity contribution in [1.82, 2.24) is 4.90 Å². The van der Waals surface area contributed by atoms with Gasteiger partial charge < -0.3 is 14.7 Å². The van der Waals surface area contributed by atoms with Crippen molar-refractivity contribution in [3.63, 3.8) is 0 Å². The molecule has 1 saturated heterocycles. The minimum Gasteiger partial charge on any atom is -0.496 e. The zero-order valence-corrected chi connectivity index (χ0v) is 15.5. The molecule has 1 aromatic rings. The molecule has 1 fully saturated rings. The van der Waals surface area contributed by atoms with Crippen LogP contribution in [-0.2, 0) is 12.0 Å². The number of rotatable bonds is 2. The van der Waals surface area contributed by atoms with Crippen molar-refractivity contribution in [3.8, 4) is 5.75 Å². The van der Waals surface area contributed by atoms with Gasteiger partial charge in [-0.05, 0) is 63.0 Å². The lowest BCUT2D eigenvalue weighted by Crippen LogP contribution is -2.49. The van der Waals surface area contributed by atoms with Crippen molar-refractivity contribution in [1.29, 1.82) is 0 Å². The molecule has 4 heteroatoms. The number of hydrogen-bond acceptors (Lipinski definition) is 3. The largest absolute Gasteiger partial charge is 0.496 e. The molecule has 22 heavy (non-hydrogen) atoms. The van der Waals surface area contributed by atoms with E-state index in [4.69, 9.17) is 4.74 Å². The highest BCUT2D eigenvalue weighted by Crippen LogP contribution is 2.59. The molecule has 0 aromatic heterocycles. The molecule has 0 amide bonds. The third kappa shape index (κ3) is 2.22. The molecular weight excluding hydrogens is 342 g/mol. The van der Waals surface area contributed by atoms with Gasteiger partial charge in [-0.1, -0.05) is 29.8 Å². The summed E-state index contributed by atoms with van der Waals surface area (Å²) in [5.41, 5.74) is 1.22. The summed E-state index contributed by atoms with van der Waals surface area (Å²) in [6, 6.07) is 4.01. The van der Waals surface area contributed by atoms with Gasteiger partial charge in [0.05, 0.1) is 7.11 Å². The zero-order chi connectivity index (χ0) is 16.1. The quantitative estimate of drug-likeness (QED) is 0.866. The lowest BCUT2D eigenvalue weighted by Gasteiger charge is -2.46. The zero-order valence-electron chi connectivity index (χ0n) is 13.9. The Labute approximate surface area is 141 Å². The Kier molecular flexibility index (Phi) is 4.07. The van der Waals surface area contributed by atoms with Crippen LogP contribution in [0.3, 0.4) is 0 Å². The predicted molar refractivity (Wildman–Crippen MR) is 92.3 cm³/mol. The van der Waals surface area contributed by atoms with E-state index >= 15 is 0 Å². The van der Waals surface area contributed by atoms with Gasteiger partial charge in [0.1, 0.15) is 11.4 Å². The number of nitrogens with zero attached hydrogens (tertiary/aromatic N) is 1. The maximum Gasteiger partial charge on any atom is 0.125 e. The standard InChI is InChI=1S/C18H26BrNO2/c1-17(2)11-13-14(19)5-6-15(22-4)16(13)18(17,21)12-7-9-20(3)10-8-12/h5-6,12,21H,7-11H2,1-4H3. The van der Waals surface area contributed by atoms with Crippen molar-refractivity contribution in [2.45, 2.75) is 38.7 Å². The van der Waals surface area contributed by atoms with Gasteiger partial charge in [-0.3, -0.25) is 0 Å². The second-order valence-corrected chi connectivity index (χ2v) is 8.36. The molecule has 122 valence electrons. The van der Waals surface area contributed by atoms with E-state index in [1.165, 1.54) is 5.56 Å². The summed E-state index contributed by atoms with van der Waals surface area (Å²) in [7, 11) is 3.86. The smallest absolute Gasteiger partial charge is 0.125 e. The van der Waals surface area contributed by atoms with E-state index in [1.54, 1.807) is 7.11 Å². The number of halogens is 1. The molecule has 2 aliphatic rings. The van der Waals surface area contributed by atoms with E-state index < -0.39 is 5.60 Å². The first-order valence-electron chi connectivity index (χ1n) is 8.08. The second-order valence-electron chi connectivity index (χ2n) is 7.51. The normalized spacial score (nSPS) is 28.6. The van der Waals surface area contributed by atoms with Crippen LogP contribution in [0.4, 0.5) is 0 Å². The summed E-state index contributed by atoms with van der Waals surface area (Å²) in [5.74, 6) is 1.10. The number of likely N-dealkylation sites (tertiary alicyclic amines) is 1. The Morgan fingerprint density at radius 3 is 2.50 bits per heavy atom. The number of ether oxygens (including phenoxy) is 1. The van der Waals surface area contributed by atoms with Crippen LogP contribution < -0.4 is 4.74 Å². The Morgan fingerprint density at radius 2 is 1.91 bits per heavy atom. The van der Waals surface area contributed by atoms with Gasteiger partial charge in [0.15, 0.2) is 0 Å². The van der Waals surface area contributed by atoms with Gasteiger partial charge in [0.25, 0.3) is 0 Å². The second kappa shape index (κ2) is 5.50. The summed E-state index contributed by atoms with van der Waals surface area (Å²) in [4.78, 5) is 2.35. The van der Waals surface area contributed by atoms with Crippen molar-refractivity contribution in [3.05, 3.63) is 27.7 Å². The van der Waals surface area contributed by atoms with E-state index in [0.717, 1.165) is 48.1 Å². The fourth-order valence-corrected chi connectivity index (χ4v) is 4.93. The first-order chi connectivity index (χ1) is 10.3. The number of aliphatic hydroxyl groups is 1. The van der Waals surface area contributed by atoms with Crippen LogP contribution in [-0.4, -0.2) is 37.3 Å². The molecule has 1 unspecified atom stereocenters. The summed E-state index contributed by atoms with van der Waals surface area (Å²) in [5, 5.41) is 11.9. The van der Waals surface area contributed by atoms with Crippen LogP contribution in [0.15, 0.2) is 16.6 Å². The van der Waals surface area contributed by atoms with E-state index in [0.29, 0.717) is 0 Å². The maximum atomic E-state index is 11.9. The molecule has 3 nitrogen and oxygen atoms in total. The van der Waals surface area contributed by atoms with E-state index in [9.17, 15) is 5.11 Å². The minimum atomic E-state index is -0.821. The molecule has 1 N–H and O–H groups in total. The third-order valence-corrected chi connectivity index (χ3v) is 6.52. The van der Waals surface area contributed by atoms with Crippen molar-refractivity contribution < 1.29 is 9.84 Å². The van der Waals surface area contributed by atoms with Gasteiger partial charge in [-0.15, -0.1) is 0 Å². The summed E-state index contributed by atoms with van der Waals surface area (Å²) < 4.78 is 6.71. The predicted octanol–water partition coefficient (Wildman–Crippen LogP) is 3.57. The van der Waals surface area contributed by atoms with Crippen LogP contribution in [0.2, 0.25) is 0 Å². The first kappa shape index (κ1) is 16.3. The van der Waals surface area contributed by atoms with Gasteiger partial charge >= 0.3 is 0 Å². The SMILES string of the molecule is COc1ccc(Br)c2c1C(O)(C1CCN(C)CC1)C(C)(C)C2. The van der Waals surface area contributed by atoms with Gasteiger partial charge in [0, 0.05) is 15.5 Å². The number of fused-ring (bicyclic) bond motifs is 1. The third-order valence-electron chi connectivity index (χ3n) is 5.78. The summed E-state index contributed by atoms with van der Waals surface area (Å²) >= 11 is 3.67. The molecular formula is C18H26BrNO2. The molecule has 0 spiro atoms. The molecule has 1 atom stereocenters. The molecule has 0 bridgehead atoms. The van der Waals surface area contributed by atoms with Gasteiger partial charge in [0.2, 0.25) is 0 Å². The highest BCUT2D eigenvalue weighted by atomic mass is 79.9. The number of benzene rings is 1. The first-order valence-corrected chi connectivity index (χ1v) is 8.87. The van der Waals surface area contributed by atoms with Crippen molar-refractivity contribution in [2.75, 3.05) is 27.2 Å². The highest BCUT2D eigenvalue weighted by Gasteiger charge is 2.57. The van der Waals surface area contributed by atoms with E-state index in [2.05, 4.69) is 41.7 Å². The van der Waals surface area contributed by atoms with Crippen molar-refractivity contribution >= 4 is 15.9 Å². The van der Waals surface area contributed by atoms with Crippen LogP contribution in [0, 0.1) is 11.3 Å². The van der Waals surface area contributed by atoms with Crippen LogP contribution in [0.1, 0.15) is 37.8 Å². The average molecular weight is 368 g/mol.